The van der Waals surface area contributed by atoms with Gasteiger partial charge in [0.2, 0.25) is 5.91 Å². The number of amides is 1. The number of rotatable bonds is 2. The van der Waals surface area contributed by atoms with Crippen molar-refractivity contribution in [3.05, 3.63) is 28.8 Å². The Morgan fingerprint density at radius 2 is 2.24 bits per heavy atom. The van der Waals surface area contributed by atoms with Crippen LogP contribution in [-0.4, -0.2) is 10.5 Å². The Morgan fingerprint density at radius 3 is 2.88 bits per heavy atom. The summed E-state index contributed by atoms with van der Waals surface area (Å²) in [7, 11) is 0. The summed E-state index contributed by atoms with van der Waals surface area (Å²) < 4.78 is 15.8. The number of carbonyl (C=O) groups is 1. The van der Waals surface area contributed by atoms with Crippen molar-refractivity contribution in [2.75, 3.05) is 0 Å². The molecule has 1 heterocycles. The number of aromatic nitrogens is 1. The second kappa shape index (κ2) is 4.79. The maximum Gasteiger partial charge on any atom is 0.248 e. The largest absolute Gasteiger partial charge is 0.317 e. The van der Waals surface area contributed by atoms with Gasteiger partial charge in [0, 0.05) is 13.0 Å². The number of nitrogens with zero attached hydrogens (tertiary/aromatic N) is 2. The van der Waals surface area contributed by atoms with E-state index in [0.29, 0.717) is 17.8 Å². The monoisotopic (exact) mass is 252 g/mol. The fourth-order valence-electron chi connectivity index (χ4n) is 1.62. The van der Waals surface area contributed by atoms with Crippen molar-refractivity contribution in [3.63, 3.8) is 0 Å². The van der Waals surface area contributed by atoms with Crippen molar-refractivity contribution < 1.29 is 9.18 Å². The third-order valence-electron chi connectivity index (χ3n) is 2.48. The second-order valence-corrected chi connectivity index (χ2v) is 4.61. The first kappa shape index (κ1) is 12.0. The van der Waals surface area contributed by atoms with E-state index in [0.717, 1.165) is 10.2 Å². The van der Waals surface area contributed by atoms with Crippen LogP contribution in [0.5, 0.6) is 0 Å². The number of hydrogen-bond donors (Lipinski definition) is 0. The smallest absolute Gasteiger partial charge is 0.248 e. The Kier molecular flexibility index (Phi) is 3.38. The molecule has 0 aliphatic carbocycles. The van der Waals surface area contributed by atoms with Crippen LogP contribution in [0.2, 0.25) is 0 Å². The molecule has 0 aliphatic heterocycles. The van der Waals surface area contributed by atoms with Crippen LogP contribution in [0.25, 0.3) is 10.2 Å². The minimum absolute atomic E-state index is 0.153. The van der Waals surface area contributed by atoms with Crippen molar-refractivity contribution in [2.24, 2.45) is 4.99 Å². The molecule has 1 amide bonds. The zero-order valence-electron chi connectivity index (χ0n) is 9.74. The van der Waals surface area contributed by atoms with Gasteiger partial charge in [-0.3, -0.25) is 4.79 Å². The van der Waals surface area contributed by atoms with Crippen LogP contribution in [0.3, 0.4) is 0 Å². The molecule has 1 aromatic heterocycles. The van der Waals surface area contributed by atoms with Crippen LogP contribution in [0.4, 0.5) is 4.39 Å². The molecule has 0 spiro atoms. The predicted molar refractivity (Wildman–Crippen MR) is 66.3 cm³/mol. The van der Waals surface area contributed by atoms with E-state index < -0.39 is 0 Å². The van der Waals surface area contributed by atoms with Crippen LogP contribution in [-0.2, 0) is 11.3 Å². The van der Waals surface area contributed by atoms with Crippen LogP contribution < -0.4 is 4.80 Å². The molecule has 5 heteroatoms. The van der Waals surface area contributed by atoms with E-state index in [4.69, 9.17) is 0 Å². The van der Waals surface area contributed by atoms with Gasteiger partial charge in [-0.2, -0.15) is 4.99 Å². The Balaban J connectivity index is 2.72. The van der Waals surface area contributed by atoms with E-state index in [9.17, 15) is 9.18 Å². The lowest BCUT2D eigenvalue weighted by Crippen LogP contribution is -2.15. The lowest BCUT2D eigenvalue weighted by atomic mass is 10.3. The number of fused-ring (bicyclic) bond motifs is 1. The fraction of sp³-hybridized carbons (Fsp3) is 0.333. The molecular formula is C12H13FN2OS. The average Bonchev–Trinajstić information content (AvgIpc) is 2.64. The third-order valence-corrected chi connectivity index (χ3v) is 3.52. The van der Waals surface area contributed by atoms with Crippen LogP contribution in [0.15, 0.2) is 23.2 Å². The van der Waals surface area contributed by atoms with Gasteiger partial charge in [-0.1, -0.05) is 18.3 Å². The standard InChI is InChI=1S/C12H13FN2OS/c1-3-11(16)14-12-15(4-2)9-6-5-8(13)7-10(9)17-12/h5-7H,3-4H2,1-2H3. The molecule has 3 nitrogen and oxygen atoms in total. The van der Waals surface area contributed by atoms with Crippen molar-refractivity contribution in [1.82, 2.24) is 4.57 Å². The highest BCUT2D eigenvalue weighted by atomic mass is 32.1. The van der Waals surface area contributed by atoms with Crippen molar-refractivity contribution in [2.45, 2.75) is 26.8 Å². The lowest BCUT2D eigenvalue weighted by Gasteiger charge is -1.99. The van der Waals surface area contributed by atoms with E-state index >= 15 is 0 Å². The summed E-state index contributed by atoms with van der Waals surface area (Å²) in [6, 6.07) is 4.62. The highest BCUT2D eigenvalue weighted by Crippen LogP contribution is 2.18. The fourth-order valence-corrected chi connectivity index (χ4v) is 2.76. The van der Waals surface area contributed by atoms with Crippen LogP contribution in [0.1, 0.15) is 20.3 Å². The molecule has 0 aliphatic rings. The number of thiazole rings is 1. The van der Waals surface area contributed by atoms with E-state index in [-0.39, 0.29) is 11.7 Å². The molecule has 2 rings (SSSR count). The maximum atomic E-state index is 13.1. The lowest BCUT2D eigenvalue weighted by molar-refractivity contribution is -0.117. The van der Waals surface area contributed by atoms with E-state index in [1.54, 1.807) is 13.0 Å². The molecule has 0 unspecified atom stereocenters. The van der Waals surface area contributed by atoms with Gasteiger partial charge >= 0.3 is 0 Å². The minimum Gasteiger partial charge on any atom is -0.317 e. The summed E-state index contributed by atoms with van der Waals surface area (Å²) in [4.78, 5) is 16.0. The zero-order chi connectivity index (χ0) is 12.4. The molecule has 0 atom stereocenters. The van der Waals surface area contributed by atoms with Crippen LogP contribution in [0, 0.1) is 5.82 Å². The topological polar surface area (TPSA) is 34.4 Å². The average molecular weight is 252 g/mol. The normalized spacial score (nSPS) is 12.3. The molecule has 2 aromatic rings. The molecule has 0 bridgehead atoms. The van der Waals surface area contributed by atoms with Crippen LogP contribution >= 0.6 is 11.3 Å². The minimum atomic E-state index is -0.268. The van der Waals surface area contributed by atoms with Gasteiger partial charge in [0.05, 0.1) is 10.2 Å². The molecule has 90 valence electrons. The number of benzene rings is 1. The quantitative estimate of drug-likeness (QED) is 0.809. The number of aryl methyl sites for hydroxylation is 1. The highest BCUT2D eigenvalue weighted by molar-refractivity contribution is 7.16. The zero-order valence-corrected chi connectivity index (χ0v) is 10.6. The molecular weight excluding hydrogens is 239 g/mol. The molecule has 0 saturated carbocycles. The summed E-state index contributed by atoms with van der Waals surface area (Å²) in [5.74, 6) is -0.422. The number of carbonyl (C=O) groups excluding carboxylic acids is 1. The first-order valence-corrected chi connectivity index (χ1v) is 6.33. The Bertz CT molecular complexity index is 627. The molecule has 0 fully saturated rings. The van der Waals surface area contributed by atoms with Crippen molar-refractivity contribution in [3.8, 4) is 0 Å². The Morgan fingerprint density at radius 1 is 1.47 bits per heavy atom. The van der Waals surface area contributed by atoms with E-state index in [2.05, 4.69) is 4.99 Å². The van der Waals surface area contributed by atoms with Gasteiger partial charge in [0.1, 0.15) is 5.82 Å². The first-order valence-electron chi connectivity index (χ1n) is 5.52. The summed E-state index contributed by atoms with van der Waals surface area (Å²) in [5.41, 5.74) is 0.918. The molecule has 0 radical (unpaired) electrons. The molecule has 1 aromatic carbocycles. The van der Waals surface area contributed by atoms with Gasteiger partial charge in [-0.25, -0.2) is 4.39 Å². The Labute approximate surface area is 102 Å². The van der Waals surface area contributed by atoms with Crippen molar-refractivity contribution in [1.29, 1.82) is 0 Å². The summed E-state index contributed by atoms with van der Waals surface area (Å²) in [5, 5.41) is 0. The van der Waals surface area contributed by atoms with Gasteiger partial charge in [-0.15, -0.1) is 0 Å². The number of hydrogen-bond acceptors (Lipinski definition) is 2. The van der Waals surface area contributed by atoms with Gasteiger partial charge in [0.15, 0.2) is 4.80 Å². The number of halogens is 1. The van der Waals surface area contributed by atoms with Gasteiger partial charge in [-0.05, 0) is 25.1 Å². The van der Waals surface area contributed by atoms with Gasteiger partial charge < -0.3 is 4.57 Å². The first-order chi connectivity index (χ1) is 8.15. The second-order valence-electron chi connectivity index (χ2n) is 3.60. The van der Waals surface area contributed by atoms with Gasteiger partial charge in [0.25, 0.3) is 0 Å². The SMILES string of the molecule is CCC(=O)N=c1sc2cc(F)ccc2n1CC. The van der Waals surface area contributed by atoms with E-state index in [1.165, 1.54) is 23.5 Å². The maximum absolute atomic E-state index is 13.1. The Hall–Kier alpha value is -1.49. The predicted octanol–water partition coefficient (Wildman–Crippen LogP) is 2.70. The third kappa shape index (κ3) is 2.29. The van der Waals surface area contributed by atoms with Crippen molar-refractivity contribution >= 4 is 27.5 Å². The summed E-state index contributed by atoms with van der Waals surface area (Å²) in [6.45, 7) is 4.46. The van der Waals surface area contributed by atoms with E-state index in [1.807, 2.05) is 11.5 Å². The highest BCUT2D eigenvalue weighted by Gasteiger charge is 2.06. The molecule has 17 heavy (non-hydrogen) atoms. The molecule has 0 N–H and O–H groups in total. The summed E-state index contributed by atoms with van der Waals surface area (Å²) >= 11 is 1.34. The molecule has 0 saturated heterocycles. The summed E-state index contributed by atoms with van der Waals surface area (Å²) in [6.07, 6.45) is 0.381.